The van der Waals surface area contributed by atoms with Crippen LogP contribution in [0.1, 0.15) is 56.1 Å². The van der Waals surface area contributed by atoms with Gasteiger partial charge in [-0.3, -0.25) is 19.2 Å². The highest BCUT2D eigenvalue weighted by atomic mass is 16.7. The molecule has 1 aliphatic rings. The highest BCUT2D eigenvalue weighted by Gasteiger charge is 2.52. The molecule has 2 aromatic rings. The Kier molecular flexibility index (Phi) is 10.2. The maximum atomic E-state index is 12.2. The second kappa shape index (κ2) is 13.6. The highest BCUT2D eigenvalue weighted by Crippen LogP contribution is 2.38. The van der Waals surface area contributed by atoms with E-state index in [9.17, 15) is 24.4 Å². The summed E-state index contributed by atoms with van der Waals surface area (Å²) in [6, 6.07) is 14.5. The quantitative estimate of drug-likeness (QED) is 0.333. The van der Waals surface area contributed by atoms with Crippen LogP contribution in [0.2, 0.25) is 0 Å². The van der Waals surface area contributed by atoms with Crippen LogP contribution in [0.5, 0.6) is 5.75 Å². The Hall–Kier alpha value is -4.43. The third-order valence-corrected chi connectivity index (χ3v) is 6.12. The number of carbonyl (C=O) groups excluding carboxylic acids is 4. The smallest absolute Gasteiger partial charge is 0.303 e. The van der Waals surface area contributed by atoms with Crippen molar-refractivity contribution < 1.29 is 47.6 Å². The number of nitriles is 1. The van der Waals surface area contributed by atoms with Crippen molar-refractivity contribution in [2.75, 3.05) is 13.7 Å². The Morgan fingerprint density at radius 2 is 1.43 bits per heavy atom. The summed E-state index contributed by atoms with van der Waals surface area (Å²) >= 11 is 0. The van der Waals surface area contributed by atoms with Crippen molar-refractivity contribution in [1.82, 2.24) is 0 Å². The van der Waals surface area contributed by atoms with Gasteiger partial charge in [0.1, 0.15) is 24.6 Å². The first-order valence-corrected chi connectivity index (χ1v) is 12.5. The average Bonchev–Trinajstić information content (AvgIpc) is 2.89. The fourth-order valence-corrected chi connectivity index (χ4v) is 4.51. The van der Waals surface area contributed by atoms with Gasteiger partial charge < -0.3 is 28.4 Å². The van der Waals surface area contributed by atoms with Crippen LogP contribution in [0.15, 0.2) is 42.5 Å². The van der Waals surface area contributed by atoms with E-state index >= 15 is 0 Å². The molecule has 0 amide bonds. The summed E-state index contributed by atoms with van der Waals surface area (Å²) in [5.74, 6) is -2.03. The summed E-state index contributed by atoms with van der Waals surface area (Å²) in [6.07, 6.45) is -5.49. The average molecular weight is 554 g/mol. The molecule has 0 bridgehead atoms. The molecule has 0 radical (unpaired) electrons. The summed E-state index contributed by atoms with van der Waals surface area (Å²) in [7, 11) is 1.57. The van der Waals surface area contributed by atoms with E-state index in [0.717, 1.165) is 19.4 Å². The van der Waals surface area contributed by atoms with Crippen LogP contribution in [-0.4, -0.2) is 62.0 Å². The van der Waals surface area contributed by atoms with E-state index in [-0.39, 0.29) is 6.61 Å². The molecule has 11 heteroatoms. The zero-order valence-electron chi connectivity index (χ0n) is 22.9. The molecule has 0 N–H and O–H groups in total. The van der Waals surface area contributed by atoms with Gasteiger partial charge in [0.05, 0.1) is 18.7 Å². The Morgan fingerprint density at radius 1 is 0.825 bits per heavy atom. The van der Waals surface area contributed by atoms with Crippen molar-refractivity contribution in [2.45, 2.75) is 64.6 Å². The normalized spacial score (nSPS) is 21.9. The third kappa shape index (κ3) is 7.80. The number of carbonyl (C=O) groups is 4. The summed E-state index contributed by atoms with van der Waals surface area (Å²) in [6.45, 7) is 4.38. The SMILES string of the molecule is COc1ccc(Cc2cc([C@@H]3OC(COC(C)=O)[C@@H](OC(C)=O)[C@H](OC(C)=O)[C@H]3OC(C)=O)ccc2C#N)cc1. The van der Waals surface area contributed by atoms with E-state index in [1.807, 2.05) is 24.3 Å². The Morgan fingerprint density at radius 3 is 1.98 bits per heavy atom. The van der Waals surface area contributed by atoms with Crippen LogP contribution in [0.3, 0.4) is 0 Å². The topological polar surface area (TPSA) is 147 Å². The lowest BCUT2D eigenvalue weighted by atomic mass is 9.88. The minimum Gasteiger partial charge on any atom is -0.497 e. The van der Waals surface area contributed by atoms with Crippen molar-refractivity contribution in [1.29, 1.82) is 5.26 Å². The molecule has 5 atom stereocenters. The molecule has 2 aromatic carbocycles. The van der Waals surface area contributed by atoms with Crippen molar-refractivity contribution in [3.8, 4) is 11.8 Å². The molecule has 3 rings (SSSR count). The Labute approximate surface area is 231 Å². The van der Waals surface area contributed by atoms with Gasteiger partial charge in [0.2, 0.25) is 0 Å². The van der Waals surface area contributed by atoms with E-state index in [1.165, 1.54) is 13.8 Å². The van der Waals surface area contributed by atoms with Crippen LogP contribution >= 0.6 is 0 Å². The molecule has 0 aliphatic carbocycles. The minimum atomic E-state index is -1.29. The largest absolute Gasteiger partial charge is 0.497 e. The van der Waals surface area contributed by atoms with Gasteiger partial charge in [0.25, 0.3) is 0 Å². The van der Waals surface area contributed by atoms with Crippen molar-refractivity contribution in [2.24, 2.45) is 0 Å². The molecule has 212 valence electrons. The molecule has 1 saturated heterocycles. The number of hydrogen-bond acceptors (Lipinski definition) is 11. The van der Waals surface area contributed by atoms with Gasteiger partial charge in [-0.05, 0) is 41.3 Å². The lowest BCUT2D eigenvalue weighted by Gasteiger charge is -2.44. The summed E-state index contributed by atoms with van der Waals surface area (Å²) in [5, 5.41) is 9.75. The van der Waals surface area contributed by atoms with Crippen LogP contribution in [0.4, 0.5) is 0 Å². The second-order valence-electron chi connectivity index (χ2n) is 9.17. The van der Waals surface area contributed by atoms with E-state index in [0.29, 0.717) is 28.9 Å². The van der Waals surface area contributed by atoms with Gasteiger partial charge >= 0.3 is 23.9 Å². The Balaban J connectivity index is 2.09. The first-order chi connectivity index (χ1) is 19.0. The first kappa shape index (κ1) is 30.1. The van der Waals surface area contributed by atoms with Gasteiger partial charge in [-0.15, -0.1) is 0 Å². The molecular formula is C29H31NO10. The summed E-state index contributed by atoms with van der Waals surface area (Å²) in [5.41, 5.74) is 2.50. The minimum absolute atomic E-state index is 0.330. The van der Waals surface area contributed by atoms with Crippen LogP contribution in [-0.2, 0) is 49.3 Å². The van der Waals surface area contributed by atoms with E-state index in [1.54, 1.807) is 25.3 Å². The predicted molar refractivity (Wildman–Crippen MR) is 138 cm³/mol. The number of esters is 4. The van der Waals surface area contributed by atoms with Crippen molar-refractivity contribution >= 4 is 23.9 Å². The number of nitrogens with zero attached hydrogens (tertiary/aromatic N) is 1. The standard InChI is InChI=1S/C29H31NO10/c1-16(31)36-15-25-27(37-17(2)32)29(39-19(4)34)28(38-18(3)33)26(40-25)21-8-9-22(14-30)23(13-21)12-20-6-10-24(35-5)11-7-20/h6-11,13,25-29H,12,15H2,1-5H3/t25?,26-,27+,28-,29-/m0/s1. The molecule has 1 aliphatic heterocycles. The van der Waals surface area contributed by atoms with Crippen molar-refractivity contribution in [3.05, 3.63) is 64.7 Å². The van der Waals surface area contributed by atoms with Gasteiger partial charge in [0.15, 0.2) is 18.3 Å². The lowest BCUT2D eigenvalue weighted by molar-refractivity contribution is -0.254. The number of rotatable bonds is 9. The van der Waals surface area contributed by atoms with E-state index in [2.05, 4.69) is 6.07 Å². The van der Waals surface area contributed by atoms with Crippen LogP contribution in [0, 0.1) is 11.3 Å². The Bertz CT molecular complexity index is 1280. The zero-order valence-corrected chi connectivity index (χ0v) is 22.9. The van der Waals surface area contributed by atoms with Gasteiger partial charge in [-0.1, -0.05) is 24.3 Å². The lowest BCUT2D eigenvalue weighted by Crippen LogP contribution is -2.59. The summed E-state index contributed by atoms with van der Waals surface area (Å²) in [4.78, 5) is 47.8. The molecule has 0 aromatic heterocycles. The molecule has 0 spiro atoms. The second-order valence-corrected chi connectivity index (χ2v) is 9.17. The van der Waals surface area contributed by atoms with Gasteiger partial charge in [-0.25, -0.2) is 0 Å². The zero-order chi connectivity index (χ0) is 29.4. The third-order valence-electron chi connectivity index (χ3n) is 6.12. The molecular weight excluding hydrogens is 522 g/mol. The maximum absolute atomic E-state index is 12.2. The molecule has 0 saturated carbocycles. The number of hydrogen-bond donors (Lipinski definition) is 0. The van der Waals surface area contributed by atoms with Crippen LogP contribution in [0.25, 0.3) is 0 Å². The fourth-order valence-electron chi connectivity index (χ4n) is 4.51. The molecule has 1 unspecified atom stereocenters. The molecule has 11 nitrogen and oxygen atoms in total. The van der Waals surface area contributed by atoms with Crippen molar-refractivity contribution in [3.63, 3.8) is 0 Å². The predicted octanol–water partition coefficient (Wildman–Crippen LogP) is 2.96. The van der Waals surface area contributed by atoms with E-state index in [4.69, 9.17) is 28.4 Å². The molecule has 1 heterocycles. The van der Waals surface area contributed by atoms with Gasteiger partial charge in [0, 0.05) is 27.7 Å². The highest BCUT2D eigenvalue weighted by molar-refractivity contribution is 5.69. The maximum Gasteiger partial charge on any atom is 0.303 e. The summed E-state index contributed by atoms with van der Waals surface area (Å²) < 4.78 is 33.1. The van der Waals surface area contributed by atoms with E-state index < -0.39 is 54.4 Å². The number of methoxy groups -OCH3 is 1. The molecule has 1 fully saturated rings. The first-order valence-electron chi connectivity index (χ1n) is 12.5. The number of benzene rings is 2. The number of ether oxygens (including phenoxy) is 6. The van der Waals surface area contributed by atoms with Crippen LogP contribution < -0.4 is 4.74 Å². The van der Waals surface area contributed by atoms with Gasteiger partial charge in [-0.2, -0.15) is 5.26 Å². The molecule has 40 heavy (non-hydrogen) atoms. The monoisotopic (exact) mass is 553 g/mol. The fraction of sp³-hybridized carbons (Fsp3) is 0.414.